The Labute approximate surface area is 92.8 Å². The second kappa shape index (κ2) is 4.03. The van der Waals surface area contributed by atoms with Crippen LogP contribution in [-0.2, 0) is 0 Å². The lowest BCUT2D eigenvalue weighted by Crippen LogP contribution is -2.54. The van der Waals surface area contributed by atoms with Crippen LogP contribution in [0.1, 0.15) is 19.8 Å². The topological polar surface area (TPSA) is 0 Å². The Morgan fingerprint density at radius 1 is 0.941 bits per heavy atom. The van der Waals surface area contributed by atoms with Crippen molar-refractivity contribution in [2.75, 3.05) is 0 Å². The van der Waals surface area contributed by atoms with Gasteiger partial charge in [-0.15, -0.1) is 0 Å². The molecule has 0 aromatic heterocycles. The lowest BCUT2D eigenvalue weighted by atomic mass is 9.87. The number of hydrogen-bond acceptors (Lipinski definition) is 0. The summed E-state index contributed by atoms with van der Waals surface area (Å²) in [7, 11) is 0. The quantitative estimate of drug-likeness (QED) is 0.611. The Morgan fingerprint density at radius 2 is 1.41 bits per heavy atom. The molecule has 0 fully saturated rings. The molecule has 0 amide bonds. The maximum Gasteiger partial charge on any atom is 0.435 e. The minimum absolute atomic E-state index is 0.0322. The molecule has 0 bridgehead atoms. The van der Waals surface area contributed by atoms with E-state index < -0.39 is 23.6 Å². The van der Waals surface area contributed by atoms with Crippen LogP contribution in [0.3, 0.4) is 0 Å². The SMILES string of the molecule is CC1=CC(C(F)(C(F)(F)F)C(F)(F)F)=CCC1. The van der Waals surface area contributed by atoms with Crippen LogP contribution in [-0.4, -0.2) is 18.0 Å². The minimum atomic E-state index is -6.02. The van der Waals surface area contributed by atoms with Gasteiger partial charge in [-0.05, 0) is 19.8 Å². The molecule has 0 N–H and O–H groups in total. The van der Waals surface area contributed by atoms with Gasteiger partial charge in [0.2, 0.25) is 0 Å². The Bertz CT molecular complexity index is 342. The van der Waals surface area contributed by atoms with E-state index >= 15 is 0 Å². The van der Waals surface area contributed by atoms with Gasteiger partial charge in [-0.1, -0.05) is 17.7 Å². The highest BCUT2D eigenvalue weighted by atomic mass is 19.4. The number of allylic oxidation sites excluding steroid dienone is 4. The second-order valence-corrected chi connectivity index (χ2v) is 3.84. The predicted octanol–water partition coefficient (Wildman–Crippen LogP) is 4.49. The molecular weight excluding hydrogens is 253 g/mol. The van der Waals surface area contributed by atoms with Gasteiger partial charge in [0.25, 0.3) is 0 Å². The zero-order valence-corrected chi connectivity index (χ0v) is 8.71. The highest BCUT2D eigenvalue weighted by molar-refractivity contribution is 5.38. The van der Waals surface area contributed by atoms with Crippen LogP contribution in [0.15, 0.2) is 23.3 Å². The average Bonchev–Trinajstić information content (AvgIpc) is 2.12. The predicted molar refractivity (Wildman–Crippen MR) is 47.0 cm³/mol. The first-order chi connectivity index (χ1) is 7.50. The average molecular weight is 262 g/mol. The van der Waals surface area contributed by atoms with Crippen molar-refractivity contribution in [2.24, 2.45) is 0 Å². The van der Waals surface area contributed by atoms with Gasteiger partial charge in [-0.3, -0.25) is 0 Å². The van der Waals surface area contributed by atoms with E-state index in [1.165, 1.54) is 6.92 Å². The van der Waals surface area contributed by atoms with Crippen LogP contribution < -0.4 is 0 Å². The molecule has 0 atom stereocenters. The summed E-state index contributed by atoms with van der Waals surface area (Å²) in [6.45, 7) is 1.36. The van der Waals surface area contributed by atoms with E-state index in [1.54, 1.807) is 0 Å². The molecule has 0 nitrogen and oxygen atoms in total. The van der Waals surface area contributed by atoms with Gasteiger partial charge in [0, 0.05) is 5.57 Å². The molecule has 0 aromatic carbocycles. The number of halogens is 7. The summed E-state index contributed by atoms with van der Waals surface area (Å²) in [5.74, 6) is 0. The Kier molecular flexibility index (Phi) is 3.33. The largest absolute Gasteiger partial charge is 0.435 e. The fourth-order valence-corrected chi connectivity index (χ4v) is 1.58. The maximum absolute atomic E-state index is 13.5. The summed E-state index contributed by atoms with van der Waals surface area (Å²) in [4.78, 5) is 0. The number of hydrogen-bond donors (Lipinski definition) is 0. The van der Waals surface area contributed by atoms with Crippen LogP contribution in [0.4, 0.5) is 30.7 Å². The Balaban J connectivity index is 3.32. The van der Waals surface area contributed by atoms with Crippen molar-refractivity contribution in [3.05, 3.63) is 23.3 Å². The van der Waals surface area contributed by atoms with Crippen molar-refractivity contribution in [2.45, 2.75) is 37.8 Å². The molecule has 17 heavy (non-hydrogen) atoms. The highest BCUT2D eigenvalue weighted by Crippen LogP contribution is 2.51. The molecule has 0 aliphatic heterocycles. The molecule has 0 heterocycles. The Morgan fingerprint density at radius 3 is 1.76 bits per heavy atom. The van der Waals surface area contributed by atoms with Gasteiger partial charge in [0.05, 0.1) is 0 Å². The monoisotopic (exact) mass is 262 g/mol. The first kappa shape index (κ1) is 14.1. The molecule has 1 aliphatic rings. The summed E-state index contributed by atoms with van der Waals surface area (Å²) in [6, 6.07) is 0. The first-order valence-corrected chi connectivity index (χ1v) is 4.70. The molecule has 0 saturated heterocycles. The molecular formula is C10H9F7. The molecule has 0 unspecified atom stereocenters. The van der Waals surface area contributed by atoms with Gasteiger partial charge in [0.1, 0.15) is 0 Å². The third-order valence-electron chi connectivity index (χ3n) is 2.48. The van der Waals surface area contributed by atoms with Crippen LogP contribution in [0.25, 0.3) is 0 Å². The molecule has 0 radical (unpaired) electrons. The van der Waals surface area contributed by atoms with E-state index in [-0.39, 0.29) is 12.0 Å². The minimum Gasteiger partial charge on any atom is -0.218 e. The zero-order valence-electron chi connectivity index (χ0n) is 8.71. The number of rotatable bonds is 1. The van der Waals surface area contributed by atoms with Crippen LogP contribution >= 0.6 is 0 Å². The van der Waals surface area contributed by atoms with Crippen LogP contribution in [0.5, 0.6) is 0 Å². The molecule has 1 rings (SSSR count). The standard InChI is InChI=1S/C10H9F7/c1-6-3-2-4-7(5-6)8(11,9(12,13)14)10(15,16)17/h4-5H,2-3H2,1H3. The third kappa shape index (κ3) is 2.32. The van der Waals surface area contributed by atoms with Crippen molar-refractivity contribution in [3.8, 4) is 0 Å². The fourth-order valence-electron chi connectivity index (χ4n) is 1.58. The van der Waals surface area contributed by atoms with Gasteiger partial charge in [-0.2, -0.15) is 26.3 Å². The van der Waals surface area contributed by atoms with E-state index in [4.69, 9.17) is 0 Å². The van der Waals surface area contributed by atoms with Crippen LogP contribution in [0, 0.1) is 0 Å². The smallest absolute Gasteiger partial charge is 0.218 e. The van der Waals surface area contributed by atoms with E-state index in [0.29, 0.717) is 18.6 Å². The van der Waals surface area contributed by atoms with Gasteiger partial charge < -0.3 is 0 Å². The number of alkyl halides is 7. The summed E-state index contributed by atoms with van der Waals surface area (Å²) in [6.07, 6.45) is -10.5. The summed E-state index contributed by atoms with van der Waals surface area (Å²) >= 11 is 0. The van der Waals surface area contributed by atoms with Crippen molar-refractivity contribution in [1.82, 2.24) is 0 Å². The van der Waals surface area contributed by atoms with Crippen molar-refractivity contribution < 1.29 is 30.7 Å². The summed E-state index contributed by atoms with van der Waals surface area (Å²) < 4.78 is 87.6. The van der Waals surface area contributed by atoms with Gasteiger partial charge >= 0.3 is 18.0 Å². The molecule has 0 spiro atoms. The van der Waals surface area contributed by atoms with E-state index in [9.17, 15) is 30.7 Å². The van der Waals surface area contributed by atoms with E-state index in [0.717, 1.165) is 0 Å². The van der Waals surface area contributed by atoms with Crippen molar-refractivity contribution in [3.63, 3.8) is 0 Å². The summed E-state index contributed by atoms with van der Waals surface area (Å²) in [5, 5.41) is 0. The van der Waals surface area contributed by atoms with Gasteiger partial charge in [0.15, 0.2) is 0 Å². The maximum atomic E-state index is 13.5. The lowest BCUT2D eigenvalue weighted by Gasteiger charge is -2.32. The Hall–Kier alpha value is -1.01. The second-order valence-electron chi connectivity index (χ2n) is 3.84. The van der Waals surface area contributed by atoms with Gasteiger partial charge in [-0.25, -0.2) is 4.39 Å². The molecule has 7 heteroatoms. The van der Waals surface area contributed by atoms with Crippen molar-refractivity contribution >= 4 is 0 Å². The normalized spacial score (nSPS) is 18.8. The third-order valence-corrected chi connectivity index (χ3v) is 2.48. The van der Waals surface area contributed by atoms with Crippen LogP contribution in [0.2, 0.25) is 0 Å². The molecule has 1 aliphatic carbocycles. The molecule has 98 valence electrons. The van der Waals surface area contributed by atoms with Crippen molar-refractivity contribution in [1.29, 1.82) is 0 Å². The summed E-state index contributed by atoms with van der Waals surface area (Å²) in [5.41, 5.74) is -6.37. The van der Waals surface area contributed by atoms with E-state index in [2.05, 4.69) is 0 Å². The zero-order chi connectivity index (χ0) is 13.5. The fraction of sp³-hybridized carbons (Fsp3) is 0.600. The molecule has 0 aromatic rings. The highest BCUT2D eigenvalue weighted by Gasteiger charge is 2.74. The van der Waals surface area contributed by atoms with E-state index in [1.807, 2.05) is 0 Å². The first-order valence-electron chi connectivity index (χ1n) is 4.70. The lowest BCUT2D eigenvalue weighted by molar-refractivity contribution is -0.325. The molecule has 0 saturated carbocycles.